The topological polar surface area (TPSA) is 76.7 Å². The highest BCUT2D eigenvalue weighted by Gasteiger charge is 2.08. The standard InChI is InChI=1S/C16H14ClN5S/c17-10-14-20-15(18)22-16(21-14)19-12-8-4-5-9-13(12)23-11-6-2-1-3-7-11/h1-9H,10H2,(H3,18,19,20,21,22). The SMILES string of the molecule is Nc1nc(CCl)nc(Nc2ccccc2Sc2ccccc2)n1. The van der Waals surface area contributed by atoms with Crippen LogP contribution in [0, 0.1) is 0 Å². The number of nitrogens with two attached hydrogens (primary N) is 1. The number of nitrogen functional groups attached to an aromatic ring is 1. The molecule has 0 spiro atoms. The molecule has 2 aromatic carbocycles. The van der Waals surface area contributed by atoms with E-state index in [4.69, 9.17) is 17.3 Å². The van der Waals surface area contributed by atoms with Crippen LogP contribution in [0.15, 0.2) is 64.4 Å². The maximum atomic E-state index is 5.77. The number of para-hydroxylation sites is 1. The van der Waals surface area contributed by atoms with Crippen LogP contribution in [0.5, 0.6) is 0 Å². The molecule has 7 heteroatoms. The average Bonchev–Trinajstić information content (AvgIpc) is 2.57. The summed E-state index contributed by atoms with van der Waals surface area (Å²) in [6.07, 6.45) is 0. The zero-order valence-electron chi connectivity index (χ0n) is 12.1. The summed E-state index contributed by atoms with van der Waals surface area (Å²) >= 11 is 7.43. The summed E-state index contributed by atoms with van der Waals surface area (Å²) < 4.78 is 0. The molecule has 0 radical (unpaired) electrons. The molecule has 116 valence electrons. The van der Waals surface area contributed by atoms with Gasteiger partial charge in [-0.3, -0.25) is 0 Å². The van der Waals surface area contributed by atoms with Crippen molar-refractivity contribution in [2.75, 3.05) is 11.1 Å². The van der Waals surface area contributed by atoms with Gasteiger partial charge in [0.2, 0.25) is 11.9 Å². The number of alkyl halides is 1. The molecule has 0 amide bonds. The minimum Gasteiger partial charge on any atom is -0.368 e. The van der Waals surface area contributed by atoms with E-state index in [-0.39, 0.29) is 11.8 Å². The monoisotopic (exact) mass is 343 g/mol. The lowest BCUT2D eigenvalue weighted by molar-refractivity contribution is 0.978. The van der Waals surface area contributed by atoms with E-state index in [1.807, 2.05) is 42.5 Å². The van der Waals surface area contributed by atoms with Gasteiger partial charge >= 0.3 is 0 Å². The smallest absolute Gasteiger partial charge is 0.232 e. The number of nitrogens with zero attached hydrogens (tertiary/aromatic N) is 3. The summed E-state index contributed by atoms with van der Waals surface area (Å²) in [7, 11) is 0. The van der Waals surface area contributed by atoms with E-state index in [1.165, 1.54) is 0 Å². The van der Waals surface area contributed by atoms with Gasteiger partial charge in [0, 0.05) is 9.79 Å². The van der Waals surface area contributed by atoms with E-state index in [2.05, 4.69) is 32.4 Å². The van der Waals surface area contributed by atoms with Crippen molar-refractivity contribution in [3.05, 3.63) is 60.4 Å². The Kier molecular flexibility index (Phi) is 4.95. The van der Waals surface area contributed by atoms with Crippen molar-refractivity contribution in [2.24, 2.45) is 0 Å². The number of aromatic nitrogens is 3. The van der Waals surface area contributed by atoms with Crippen molar-refractivity contribution < 1.29 is 0 Å². The quantitative estimate of drug-likeness (QED) is 0.679. The minimum atomic E-state index is 0.145. The molecule has 0 atom stereocenters. The summed E-state index contributed by atoms with van der Waals surface area (Å²) in [4.78, 5) is 14.5. The first kappa shape index (κ1) is 15.6. The van der Waals surface area contributed by atoms with Crippen LogP contribution < -0.4 is 11.1 Å². The van der Waals surface area contributed by atoms with E-state index in [0.29, 0.717) is 11.8 Å². The number of rotatable bonds is 5. The van der Waals surface area contributed by atoms with Gasteiger partial charge in [-0.25, -0.2) is 0 Å². The van der Waals surface area contributed by atoms with Gasteiger partial charge in [0.15, 0.2) is 5.82 Å². The maximum absolute atomic E-state index is 5.77. The van der Waals surface area contributed by atoms with Crippen molar-refractivity contribution in [1.82, 2.24) is 15.0 Å². The lowest BCUT2D eigenvalue weighted by atomic mass is 10.3. The number of nitrogens with one attached hydrogen (secondary N) is 1. The molecule has 3 rings (SSSR count). The molecule has 0 aliphatic heterocycles. The van der Waals surface area contributed by atoms with Crippen molar-refractivity contribution in [1.29, 1.82) is 0 Å². The highest BCUT2D eigenvalue weighted by molar-refractivity contribution is 7.99. The first-order valence-electron chi connectivity index (χ1n) is 6.90. The molecule has 0 aliphatic rings. The fraction of sp³-hybridized carbons (Fsp3) is 0.0625. The van der Waals surface area contributed by atoms with Gasteiger partial charge in [0.05, 0.1) is 11.6 Å². The van der Waals surface area contributed by atoms with Crippen LogP contribution in [-0.2, 0) is 5.88 Å². The maximum Gasteiger partial charge on any atom is 0.232 e. The second kappa shape index (κ2) is 7.30. The van der Waals surface area contributed by atoms with Gasteiger partial charge < -0.3 is 11.1 Å². The second-order valence-corrected chi connectivity index (χ2v) is 5.99. The normalized spacial score (nSPS) is 10.5. The van der Waals surface area contributed by atoms with E-state index in [9.17, 15) is 0 Å². The van der Waals surface area contributed by atoms with Gasteiger partial charge in [-0.05, 0) is 24.3 Å². The molecule has 0 aliphatic carbocycles. The molecule has 23 heavy (non-hydrogen) atoms. The Labute approximate surface area is 143 Å². The molecule has 5 nitrogen and oxygen atoms in total. The van der Waals surface area contributed by atoms with Crippen molar-refractivity contribution in [3.8, 4) is 0 Å². The number of halogens is 1. The zero-order valence-corrected chi connectivity index (χ0v) is 13.7. The Morgan fingerprint density at radius 3 is 2.48 bits per heavy atom. The molecule has 3 aromatic rings. The first-order chi connectivity index (χ1) is 11.2. The molecular formula is C16H14ClN5S. The zero-order chi connectivity index (χ0) is 16.1. The summed E-state index contributed by atoms with van der Waals surface area (Å²) in [6.45, 7) is 0. The predicted octanol–water partition coefficient (Wildman–Crippen LogP) is 4.09. The fourth-order valence-electron chi connectivity index (χ4n) is 1.95. The molecule has 0 unspecified atom stereocenters. The fourth-order valence-corrected chi connectivity index (χ4v) is 2.99. The Balaban J connectivity index is 1.87. The van der Waals surface area contributed by atoms with Crippen molar-refractivity contribution in [2.45, 2.75) is 15.7 Å². The van der Waals surface area contributed by atoms with Gasteiger partial charge in [-0.15, -0.1) is 11.6 Å². The largest absolute Gasteiger partial charge is 0.368 e. The molecule has 0 saturated carbocycles. The second-order valence-electron chi connectivity index (χ2n) is 4.60. The van der Waals surface area contributed by atoms with Gasteiger partial charge in [0.25, 0.3) is 0 Å². The van der Waals surface area contributed by atoms with Crippen molar-refractivity contribution in [3.63, 3.8) is 0 Å². The molecular weight excluding hydrogens is 330 g/mol. The van der Waals surface area contributed by atoms with E-state index < -0.39 is 0 Å². The van der Waals surface area contributed by atoms with Gasteiger partial charge in [-0.1, -0.05) is 42.1 Å². The van der Waals surface area contributed by atoms with Crippen LogP contribution >= 0.6 is 23.4 Å². The van der Waals surface area contributed by atoms with Crippen LogP contribution in [0.25, 0.3) is 0 Å². The lowest BCUT2D eigenvalue weighted by Gasteiger charge is -2.11. The van der Waals surface area contributed by atoms with Crippen LogP contribution in [0.3, 0.4) is 0 Å². The number of hydrogen-bond donors (Lipinski definition) is 2. The predicted molar refractivity (Wildman–Crippen MR) is 94.1 cm³/mol. The molecule has 3 N–H and O–H groups in total. The van der Waals surface area contributed by atoms with Gasteiger partial charge in [0.1, 0.15) is 0 Å². The first-order valence-corrected chi connectivity index (χ1v) is 8.25. The highest BCUT2D eigenvalue weighted by Crippen LogP contribution is 2.34. The van der Waals surface area contributed by atoms with E-state index in [0.717, 1.165) is 15.5 Å². The summed E-state index contributed by atoms with van der Waals surface area (Å²) in [5.41, 5.74) is 6.58. The minimum absolute atomic E-state index is 0.145. The van der Waals surface area contributed by atoms with Gasteiger partial charge in [-0.2, -0.15) is 15.0 Å². The third-order valence-electron chi connectivity index (χ3n) is 2.92. The number of hydrogen-bond acceptors (Lipinski definition) is 6. The van der Waals surface area contributed by atoms with Crippen LogP contribution in [0.4, 0.5) is 17.6 Å². The van der Waals surface area contributed by atoms with E-state index >= 15 is 0 Å². The Morgan fingerprint density at radius 2 is 1.70 bits per heavy atom. The lowest BCUT2D eigenvalue weighted by Crippen LogP contribution is -2.06. The molecule has 1 heterocycles. The van der Waals surface area contributed by atoms with Crippen LogP contribution in [-0.4, -0.2) is 15.0 Å². The summed E-state index contributed by atoms with van der Waals surface area (Å²) in [5, 5.41) is 3.19. The summed E-state index contributed by atoms with van der Waals surface area (Å²) in [5.74, 6) is 1.15. The van der Waals surface area contributed by atoms with Crippen LogP contribution in [0.1, 0.15) is 5.82 Å². The van der Waals surface area contributed by atoms with Crippen molar-refractivity contribution >= 4 is 40.9 Å². The summed E-state index contributed by atoms with van der Waals surface area (Å²) in [6, 6.07) is 18.1. The molecule has 1 aromatic heterocycles. The third-order valence-corrected chi connectivity index (χ3v) is 4.25. The number of benzene rings is 2. The molecule has 0 bridgehead atoms. The number of anilines is 3. The highest BCUT2D eigenvalue weighted by atomic mass is 35.5. The Hall–Kier alpha value is -2.31. The Morgan fingerprint density at radius 1 is 0.957 bits per heavy atom. The molecule has 0 saturated heterocycles. The Bertz CT molecular complexity index is 797. The van der Waals surface area contributed by atoms with Crippen LogP contribution in [0.2, 0.25) is 0 Å². The third kappa shape index (κ3) is 4.12. The average molecular weight is 344 g/mol. The molecule has 0 fully saturated rings. The van der Waals surface area contributed by atoms with E-state index in [1.54, 1.807) is 11.8 Å².